The second-order valence-electron chi connectivity index (χ2n) is 5.83. The molecule has 0 fully saturated rings. The Morgan fingerprint density at radius 1 is 1.12 bits per heavy atom. The largest absolute Gasteiger partial charge is 0.416 e. The van der Waals surface area contributed by atoms with Gasteiger partial charge in [-0.2, -0.15) is 13.2 Å². The second kappa shape index (κ2) is 8.34. The number of rotatable bonds is 5. The lowest BCUT2D eigenvalue weighted by Crippen LogP contribution is -2.42. The van der Waals surface area contributed by atoms with Crippen LogP contribution in [-0.4, -0.2) is 22.6 Å². The van der Waals surface area contributed by atoms with E-state index in [0.29, 0.717) is 23.6 Å². The highest BCUT2D eigenvalue weighted by atomic mass is 32.1. The Bertz CT molecular complexity index is 701. The van der Waals surface area contributed by atoms with Gasteiger partial charge in [0.25, 0.3) is 0 Å². The summed E-state index contributed by atoms with van der Waals surface area (Å²) in [7, 11) is 0. The number of hydrogen-bond acceptors (Lipinski definition) is 1. The molecule has 2 nitrogen and oxygen atoms in total. The Morgan fingerprint density at radius 3 is 2.40 bits per heavy atom. The normalized spacial score (nSPS) is 12.5. The van der Waals surface area contributed by atoms with Crippen LogP contribution in [0.15, 0.2) is 54.6 Å². The van der Waals surface area contributed by atoms with Crippen LogP contribution in [0.3, 0.4) is 0 Å². The first kappa shape index (κ1) is 19.2. The summed E-state index contributed by atoms with van der Waals surface area (Å²) in [5.41, 5.74) is 0.908. The average molecular weight is 366 g/mol. The molecule has 0 amide bonds. The lowest BCUT2D eigenvalue weighted by molar-refractivity contribution is -0.137. The highest BCUT2D eigenvalue weighted by Gasteiger charge is 2.30. The molecule has 134 valence electrons. The van der Waals surface area contributed by atoms with Crippen LogP contribution in [0.2, 0.25) is 0 Å². The molecule has 2 aromatic rings. The van der Waals surface area contributed by atoms with Gasteiger partial charge in [0.1, 0.15) is 0 Å². The van der Waals surface area contributed by atoms with Gasteiger partial charge in [0.15, 0.2) is 5.11 Å². The van der Waals surface area contributed by atoms with Crippen LogP contribution >= 0.6 is 12.2 Å². The van der Waals surface area contributed by atoms with Gasteiger partial charge in [0.2, 0.25) is 0 Å². The van der Waals surface area contributed by atoms with Crippen molar-refractivity contribution in [1.29, 1.82) is 0 Å². The molecule has 0 spiro atoms. The zero-order valence-electron chi connectivity index (χ0n) is 14.2. The maximum Gasteiger partial charge on any atom is 0.416 e. The molecule has 0 bridgehead atoms. The zero-order valence-corrected chi connectivity index (χ0v) is 15.0. The standard InChI is InChI=1S/C19H21F3N2S/c1-3-24(18(25)23-17-10-5-4-6-11-17)14(2)12-15-8-7-9-16(13-15)19(20,21)22/h4-11,13-14H,3,12H2,1-2H3,(H,23,25)/t14-/m0/s1. The van der Waals surface area contributed by atoms with Crippen molar-refractivity contribution < 1.29 is 13.2 Å². The minimum Gasteiger partial charge on any atom is -0.346 e. The highest BCUT2D eigenvalue weighted by Crippen LogP contribution is 2.30. The number of anilines is 1. The molecule has 0 aliphatic heterocycles. The summed E-state index contributed by atoms with van der Waals surface area (Å²) in [4.78, 5) is 1.97. The molecule has 0 saturated carbocycles. The lowest BCUT2D eigenvalue weighted by Gasteiger charge is -2.31. The molecule has 0 aliphatic carbocycles. The predicted molar refractivity (Wildman–Crippen MR) is 99.7 cm³/mol. The molecule has 0 unspecified atom stereocenters. The van der Waals surface area contributed by atoms with Crippen molar-refractivity contribution >= 4 is 23.0 Å². The Labute approximate surface area is 151 Å². The maximum atomic E-state index is 12.9. The van der Waals surface area contributed by atoms with Gasteiger partial charge in [-0.15, -0.1) is 0 Å². The van der Waals surface area contributed by atoms with E-state index in [4.69, 9.17) is 12.2 Å². The van der Waals surface area contributed by atoms with Crippen molar-refractivity contribution in [2.24, 2.45) is 0 Å². The summed E-state index contributed by atoms with van der Waals surface area (Å²) in [5, 5.41) is 3.74. The van der Waals surface area contributed by atoms with Gasteiger partial charge in [-0.3, -0.25) is 0 Å². The SMILES string of the molecule is CCN(C(=S)Nc1ccccc1)[C@@H](C)Cc1cccc(C(F)(F)F)c1. The Balaban J connectivity index is 2.07. The van der Waals surface area contributed by atoms with Crippen LogP contribution in [0.4, 0.5) is 18.9 Å². The first-order valence-electron chi connectivity index (χ1n) is 8.10. The van der Waals surface area contributed by atoms with Gasteiger partial charge in [-0.1, -0.05) is 36.4 Å². The number of thiocarbonyl (C=S) groups is 1. The fourth-order valence-corrected chi connectivity index (χ4v) is 3.13. The number of nitrogens with one attached hydrogen (secondary N) is 1. The third kappa shape index (κ3) is 5.46. The van der Waals surface area contributed by atoms with Gasteiger partial charge >= 0.3 is 6.18 Å². The van der Waals surface area contributed by atoms with E-state index in [9.17, 15) is 13.2 Å². The van der Waals surface area contributed by atoms with E-state index < -0.39 is 11.7 Å². The number of benzene rings is 2. The van der Waals surface area contributed by atoms with E-state index in [1.807, 2.05) is 49.1 Å². The van der Waals surface area contributed by atoms with Crippen molar-refractivity contribution in [3.05, 3.63) is 65.7 Å². The van der Waals surface area contributed by atoms with Gasteiger partial charge in [-0.25, -0.2) is 0 Å². The van der Waals surface area contributed by atoms with Gasteiger partial charge in [-0.05, 0) is 56.2 Å². The summed E-state index contributed by atoms with van der Waals surface area (Å²) in [6, 6.07) is 15.0. The Morgan fingerprint density at radius 2 is 1.80 bits per heavy atom. The molecule has 0 heterocycles. The summed E-state index contributed by atoms with van der Waals surface area (Å²) in [6.45, 7) is 4.60. The van der Waals surface area contributed by atoms with Crippen molar-refractivity contribution in [3.63, 3.8) is 0 Å². The van der Waals surface area contributed by atoms with Crippen LogP contribution in [0.25, 0.3) is 0 Å². The molecular weight excluding hydrogens is 345 g/mol. The van der Waals surface area contributed by atoms with E-state index in [2.05, 4.69) is 5.32 Å². The minimum atomic E-state index is -4.33. The van der Waals surface area contributed by atoms with Gasteiger partial charge in [0.05, 0.1) is 5.56 Å². The molecule has 0 aromatic heterocycles. The molecule has 25 heavy (non-hydrogen) atoms. The van der Waals surface area contributed by atoms with Crippen LogP contribution in [0.1, 0.15) is 25.0 Å². The average Bonchev–Trinajstić information content (AvgIpc) is 2.56. The van der Waals surface area contributed by atoms with E-state index in [-0.39, 0.29) is 6.04 Å². The fraction of sp³-hybridized carbons (Fsp3) is 0.316. The molecule has 1 N–H and O–H groups in total. The number of likely N-dealkylation sites (N-methyl/N-ethyl adjacent to an activating group) is 1. The molecule has 2 rings (SSSR count). The van der Waals surface area contributed by atoms with E-state index in [1.54, 1.807) is 6.07 Å². The summed E-state index contributed by atoms with van der Waals surface area (Å²) in [5.74, 6) is 0. The van der Waals surface area contributed by atoms with Crippen LogP contribution < -0.4 is 5.32 Å². The van der Waals surface area contributed by atoms with Crippen LogP contribution in [0, 0.1) is 0 Å². The molecule has 1 atom stereocenters. The number of nitrogens with zero attached hydrogens (tertiary/aromatic N) is 1. The number of para-hydroxylation sites is 1. The fourth-order valence-electron chi connectivity index (χ4n) is 2.70. The van der Waals surface area contributed by atoms with E-state index >= 15 is 0 Å². The van der Waals surface area contributed by atoms with Gasteiger partial charge < -0.3 is 10.2 Å². The topological polar surface area (TPSA) is 15.3 Å². The van der Waals surface area contributed by atoms with Gasteiger partial charge in [0, 0.05) is 18.3 Å². The van der Waals surface area contributed by atoms with Crippen molar-refractivity contribution in [3.8, 4) is 0 Å². The highest BCUT2D eigenvalue weighted by molar-refractivity contribution is 7.80. The molecule has 6 heteroatoms. The number of alkyl halides is 3. The lowest BCUT2D eigenvalue weighted by atomic mass is 10.0. The first-order chi connectivity index (χ1) is 11.8. The smallest absolute Gasteiger partial charge is 0.346 e. The third-order valence-corrected chi connectivity index (χ3v) is 4.28. The monoisotopic (exact) mass is 366 g/mol. The third-order valence-electron chi connectivity index (χ3n) is 3.94. The summed E-state index contributed by atoms with van der Waals surface area (Å²) < 4.78 is 38.6. The zero-order chi connectivity index (χ0) is 18.4. The maximum absolute atomic E-state index is 12.9. The molecule has 2 aromatic carbocycles. The molecular formula is C19H21F3N2S. The molecule has 0 saturated heterocycles. The quantitative estimate of drug-likeness (QED) is 0.718. The number of hydrogen-bond donors (Lipinski definition) is 1. The molecule has 0 radical (unpaired) electrons. The van der Waals surface area contributed by atoms with Crippen molar-refractivity contribution in [1.82, 2.24) is 4.90 Å². The van der Waals surface area contributed by atoms with Crippen LogP contribution in [-0.2, 0) is 12.6 Å². The van der Waals surface area contributed by atoms with Crippen molar-refractivity contribution in [2.75, 3.05) is 11.9 Å². The van der Waals surface area contributed by atoms with E-state index in [1.165, 1.54) is 12.1 Å². The summed E-state index contributed by atoms with van der Waals surface area (Å²) in [6.07, 6.45) is -3.85. The Hall–Kier alpha value is -2.08. The number of halogens is 3. The van der Waals surface area contributed by atoms with Crippen molar-refractivity contribution in [2.45, 2.75) is 32.5 Å². The molecule has 0 aliphatic rings. The first-order valence-corrected chi connectivity index (χ1v) is 8.51. The Kier molecular flexibility index (Phi) is 6.42. The minimum absolute atomic E-state index is 0.0304. The van der Waals surface area contributed by atoms with E-state index in [0.717, 1.165) is 11.8 Å². The predicted octanol–water partition coefficient (Wildman–Crippen LogP) is 5.36. The second-order valence-corrected chi connectivity index (χ2v) is 6.22. The van der Waals surface area contributed by atoms with Crippen LogP contribution in [0.5, 0.6) is 0 Å². The summed E-state index contributed by atoms with van der Waals surface area (Å²) >= 11 is 5.47.